The first-order valence-corrected chi connectivity index (χ1v) is 6.42. The minimum absolute atomic E-state index is 0.535. The van der Waals surface area contributed by atoms with Gasteiger partial charge in [-0.25, -0.2) is 0 Å². The Kier molecular flexibility index (Phi) is 4.67. The number of methoxy groups -OCH3 is 1. The van der Waals surface area contributed by atoms with E-state index in [2.05, 4.69) is 12.2 Å². The molecule has 0 bridgehead atoms. The summed E-state index contributed by atoms with van der Waals surface area (Å²) in [4.78, 5) is 0. The summed E-state index contributed by atoms with van der Waals surface area (Å²) in [5, 5.41) is 3.26. The van der Waals surface area contributed by atoms with Crippen molar-refractivity contribution in [2.24, 2.45) is 0 Å². The van der Waals surface area contributed by atoms with Crippen LogP contribution in [0.3, 0.4) is 0 Å². The van der Waals surface area contributed by atoms with Crippen molar-refractivity contribution >= 4 is 5.69 Å². The van der Waals surface area contributed by atoms with Crippen LogP contribution < -0.4 is 14.8 Å². The van der Waals surface area contributed by atoms with Gasteiger partial charge in [0.15, 0.2) is 11.5 Å². The molecule has 100 valence electrons. The van der Waals surface area contributed by atoms with Gasteiger partial charge in [-0.05, 0) is 24.6 Å². The van der Waals surface area contributed by atoms with Crippen LogP contribution in [0.15, 0.2) is 48.5 Å². The van der Waals surface area contributed by atoms with Gasteiger partial charge in [-0.2, -0.15) is 0 Å². The third-order valence-electron chi connectivity index (χ3n) is 2.78. The minimum Gasteiger partial charge on any atom is -0.493 e. The highest BCUT2D eigenvalue weighted by molar-refractivity contribution is 5.54. The molecule has 19 heavy (non-hydrogen) atoms. The van der Waals surface area contributed by atoms with E-state index in [1.54, 1.807) is 7.11 Å². The lowest BCUT2D eigenvalue weighted by Gasteiger charge is -2.13. The van der Waals surface area contributed by atoms with Crippen molar-refractivity contribution in [1.29, 1.82) is 0 Å². The molecule has 3 heteroatoms. The van der Waals surface area contributed by atoms with Gasteiger partial charge in [0, 0.05) is 18.3 Å². The summed E-state index contributed by atoms with van der Waals surface area (Å²) in [6.07, 6.45) is 0. The summed E-state index contributed by atoms with van der Waals surface area (Å²) < 4.78 is 11.2. The Bertz CT molecular complexity index is 511. The van der Waals surface area contributed by atoms with Crippen molar-refractivity contribution in [2.45, 2.75) is 13.5 Å². The topological polar surface area (TPSA) is 30.5 Å². The molecular weight excluding hydrogens is 238 g/mol. The smallest absolute Gasteiger partial charge is 0.163 e. The Labute approximate surface area is 114 Å². The number of hydrogen-bond donors (Lipinski definition) is 1. The maximum Gasteiger partial charge on any atom is 0.163 e. The quantitative estimate of drug-likeness (QED) is 0.855. The van der Waals surface area contributed by atoms with E-state index in [0.717, 1.165) is 29.3 Å². The Morgan fingerprint density at radius 3 is 2.47 bits per heavy atom. The zero-order valence-corrected chi connectivity index (χ0v) is 11.3. The fourth-order valence-electron chi connectivity index (χ4n) is 1.84. The summed E-state index contributed by atoms with van der Waals surface area (Å²) in [7, 11) is 1.65. The van der Waals surface area contributed by atoms with Gasteiger partial charge in [-0.1, -0.05) is 30.3 Å². The van der Waals surface area contributed by atoms with E-state index in [1.807, 2.05) is 48.5 Å². The van der Waals surface area contributed by atoms with E-state index in [-0.39, 0.29) is 0 Å². The van der Waals surface area contributed by atoms with E-state index >= 15 is 0 Å². The summed E-state index contributed by atoms with van der Waals surface area (Å²) in [5.41, 5.74) is 2.17. The van der Waals surface area contributed by atoms with Crippen LogP contribution in [0.1, 0.15) is 12.5 Å². The molecule has 3 nitrogen and oxygen atoms in total. The molecular formula is C16H19NO2. The molecule has 0 fully saturated rings. The molecule has 1 N–H and O–H groups in total. The monoisotopic (exact) mass is 257 g/mol. The Morgan fingerprint density at radius 1 is 1.00 bits per heavy atom. The molecule has 0 saturated heterocycles. The zero-order chi connectivity index (χ0) is 13.5. The first kappa shape index (κ1) is 13.3. The number of benzene rings is 2. The van der Waals surface area contributed by atoms with Crippen molar-refractivity contribution in [3.8, 4) is 11.5 Å². The second kappa shape index (κ2) is 6.69. The van der Waals surface area contributed by atoms with Crippen molar-refractivity contribution in [3.63, 3.8) is 0 Å². The van der Waals surface area contributed by atoms with Crippen molar-refractivity contribution in [3.05, 3.63) is 54.1 Å². The Hall–Kier alpha value is -2.16. The molecule has 0 aliphatic rings. The van der Waals surface area contributed by atoms with Crippen LogP contribution in [0.2, 0.25) is 0 Å². The predicted molar refractivity (Wildman–Crippen MR) is 77.9 cm³/mol. The van der Waals surface area contributed by atoms with E-state index in [9.17, 15) is 0 Å². The van der Waals surface area contributed by atoms with Crippen molar-refractivity contribution in [1.82, 2.24) is 0 Å². The normalized spacial score (nSPS) is 10.0. The lowest BCUT2D eigenvalue weighted by atomic mass is 10.2. The predicted octanol–water partition coefficient (Wildman–Crippen LogP) is 3.71. The van der Waals surface area contributed by atoms with Gasteiger partial charge >= 0.3 is 0 Å². The van der Waals surface area contributed by atoms with Crippen LogP contribution >= 0.6 is 0 Å². The first-order valence-electron chi connectivity index (χ1n) is 6.42. The van der Waals surface area contributed by atoms with E-state index in [0.29, 0.717) is 6.61 Å². The fourth-order valence-corrected chi connectivity index (χ4v) is 1.84. The average Bonchev–Trinajstić information content (AvgIpc) is 2.47. The van der Waals surface area contributed by atoms with E-state index in [4.69, 9.17) is 9.47 Å². The molecule has 0 atom stereocenters. The van der Waals surface area contributed by atoms with Crippen molar-refractivity contribution in [2.75, 3.05) is 19.0 Å². The largest absolute Gasteiger partial charge is 0.493 e. The lowest BCUT2D eigenvalue weighted by Crippen LogP contribution is -2.00. The van der Waals surface area contributed by atoms with Gasteiger partial charge in [-0.15, -0.1) is 0 Å². The van der Waals surface area contributed by atoms with Gasteiger partial charge in [-0.3, -0.25) is 0 Å². The number of hydrogen-bond acceptors (Lipinski definition) is 3. The molecule has 0 radical (unpaired) electrons. The third-order valence-corrected chi connectivity index (χ3v) is 2.78. The standard InChI is InChI=1S/C16H19NO2/c1-3-17-14-9-10-15(18-2)16(11-14)19-12-13-7-5-4-6-8-13/h4-11,17H,3,12H2,1-2H3. The van der Waals surface area contributed by atoms with E-state index < -0.39 is 0 Å². The number of ether oxygens (including phenoxy) is 2. The van der Waals surface area contributed by atoms with Gasteiger partial charge in [0.25, 0.3) is 0 Å². The van der Waals surface area contributed by atoms with Crippen LogP contribution in [0.5, 0.6) is 11.5 Å². The van der Waals surface area contributed by atoms with Gasteiger partial charge in [0.2, 0.25) is 0 Å². The molecule has 2 aromatic rings. The first-order chi connectivity index (χ1) is 9.33. The Morgan fingerprint density at radius 2 is 1.79 bits per heavy atom. The van der Waals surface area contributed by atoms with E-state index in [1.165, 1.54) is 0 Å². The molecule has 0 heterocycles. The SMILES string of the molecule is CCNc1ccc(OC)c(OCc2ccccc2)c1. The highest BCUT2D eigenvalue weighted by Crippen LogP contribution is 2.30. The van der Waals surface area contributed by atoms with Gasteiger partial charge in [0.05, 0.1) is 7.11 Å². The highest BCUT2D eigenvalue weighted by atomic mass is 16.5. The second-order valence-corrected chi connectivity index (χ2v) is 4.17. The van der Waals surface area contributed by atoms with Crippen molar-refractivity contribution < 1.29 is 9.47 Å². The lowest BCUT2D eigenvalue weighted by molar-refractivity contribution is 0.284. The van der Waals surface area contributed by atoms with Crippen LogP contribution in [-0.4, -0.2) is 13.7 Å². The maximum absolute atomic E-state index is 5.84. The van der Waals surface area contributed by atoms with Crippen LogP contribution in [0.4, 0.5) is 5.69 Å². The molecule has 0 aromatic heterocycles. The summed E-state index contributed by atoms with van der Waals surface area (Å²) in [5.74, 6) is 1.50. The van der Waals surface area contributed by atoms with Gasteiger partial charge < -0.3 is 14.8 Å². The Balaban J connectivity index is 2.11. The third kappa shape index (κ3) is 3.65. The average molecular weight is 257 g/mol. The molecule has 0 spiro atoms. The highest BCUT2D eigenvalue weighted by Gasteiger charge is 2.05. The number of rotatable bonds is 6. The molecule has 0 saturated carbocycles. The van der Waals surface area contributed by atoms with Crippen LogP contribution in [0.25, 0.3) is 0 Å². The number of anilines is 1. The molecule has 2 aromatic carbocycles. The summed E-state index contributed by atoms with van der Waals surface area (Å²) in [6, 6.07) is 16.0. The fraction of sp³-hybridized carbons (Fsp3) is 0.250. The minimum atomic E-state index is 0.535. The maximum atomic E-state index is 5.84. The molecule has 0 amide bonds. The summed E-state index contributed by atoms with van der Waals surface area (Å²) in [6.45, 7) is 3.48. The molecule has 0 aliphatic heterocycles. The molecule has 0 unspecified atom stereocenters. The van der Waals surface area contributed by atoms with Crippen LogP contribution in [0, 0.1) is 0 Å². The second-order valence-electron chi connectivity index (χ2n) is 4.17. The molecule has 2 rings (SSSR count). The number of nitrogens with one attached hydrogen (secondary N) is 1. The molecule has 0 aliphatic carbocycles. The zero-order valence-electron chi connectivity index (χ0n) is 11.3. The summed E-state index contributed by atoms with van der Waals surface area (Å²) >= 11 is 0. The van der Waals surface area contributed by atoms with Gasteiger partial charge in [0.1, 0.15) is 6.61 Å². The van der Waals surface area contributed by atoms with Crippen LogP contribution in [-0.2, 0) is 6.61 Å².